The third-order valence-corrected chi connectivity index (χ3v) is 2.04. The lowest BCUT2D eigenvalue weighted by Crippen LogP contribution is -2.00. The average molecular weight is 207 g/mol. The van der Waals surface area contributed by atoms with E-state index in [0.29, 0.717) is 6.42 Å². The van der Waals surface area contributed by atoms with Gasteiger partial charge in [0.25, 0.3) is 0 Å². The van der Waals surface area contributed by atoms with Crippen LogP contribution in [-0.4, -0.2) is 5.11 Å². The largest absolute Gasteiger partial charge is 0.388 e. The summed E-state index contributed by atoms with van der Waals surface area (Å²) in [5.41, 5.74) is -0.0903. The van der Waals surface area contributed by atoms with Gasteiger partial charge in [0.2, 0.25) is 0 Å². The Bertz CT molecular complexity index is 315. The van der Waals surface area contributed by atoms with E-state index in [1.54, 1.807) is 6.92 Å². The highest BCUT2D eigenvalue weighted by Gasteiger charge is 2.15. The van der Waals surface area contributed by atoms with E-state index in [4.69, 9.17) is 11.6 Å². The second-order valence-corrected chi connectivity index (χ2v) is 3.12. The van der Waals surface area contributed by atoms with Gasteiger partial charge in [0, 0.05) is 5.56 Å². The molecule has 0 spiro atoms. The molecule has 1 atom stereocenters. The van der Waals surface area contributed by atoms with Crippen LogP contribution in [-0.2, 0) is 0 Å². The fourth-order valence-electron chi connectivity index (χ4n) is 1.04. The van der Waals surface area contributed by atoms with Crippen LogP contribution in [0.1, 0.15) is 25.0 Å². The first-order chi connectivity index (χ1) is 6.06. The Morgan fingerprint density at radius 2 is 2.08 bits per heavy atom. The highest BCUT2D eigenvalue weighted by Crippen LogP contribution is 2.26. The Morgan fingerprint density at radius 1 is 1.46 bits per heavy atom. The van der Waals surface area contributed by atoms with Crippen LogP contribution in [0.3, 0.4) is 0 Å². The van der Waals surface area contributed by atoms with Crippen molar-refractivity contribution < 1.29 is 13.9 Å². The number of hydrogen-bond acceptors (Lipinski definition) is 1. The molecule has 72 valence electrons. The van der Waals surface area contributed by atoms with Gasteiger partial charge in [0.15, 0.2) is 0 Å². The van der Waals surface area contributed by atoms with Gasteiger partial charge in [-0.1, -0.05) is 18.5 Å². The first kappa shape index (κ1) is 10.4. The Kier molecular flexibility index (Phi) is 3.22. The van der Waals surface area contributed by atoms with E-state index in [2.05, 4.69) is 0 Å². The lowest BCUT2D eigenvalue weighted by molar-refractivity contribution is 0.168. The van der Waals surface area contributed by atoms with Crippen LogP contribution in [0.4, 0.5) is 8.78 Å². The van der Waals surface area contributed by atoms with Gasteiger partial charge in [0.05, 0.1) is 11.1 Å². The summed E-state index contributed by atoms with van der Waals surface area (Å²) in [5, 5.41) is 8.99. The summed E-state index contributed by atoms with van der Waals surface area (Å²) >= 11 is 5.39. The van der Waals surface area contributed by atoms with E-state index in [9.17, 15) is 13.9 Å². The van der Waals surface area contributed by atoms with Crippen molar-refractivity contribution in [2.24, 2.45) is 0 Å². The quantitative estimate of drug-likeness (QED) is 0.738. The van der Waals surface area contributed by atoms with Crippen LogP contribution >= 0.6 is 11.6 Å². The molecule has 1 aromatic rings. The highest BCUT2D eigenvalue weighted by atomic mass is 35.5. The molecule has 1 nitrogen and oxygen atoms in total. The zero-order valence-corrected chi connectivity index (χ0v) is 7.78. The first-order valence-corrected chi connectivity index (χ1v) is 4.26. The Labute approximate surface area is 80.0 Å². The molecule has 0 aliphatic heterocycles. The van der Waals surface area contributed by atoms with Crippen molar-refractivity contribution in [3.63, 3.8) is 0 Å². The van der Waals surface area contributed by atoms with E-state index in [-0.39, 0.29) is 10.6 Å². The molecule has 0 saturated heterocycles. The summed E-state index contributed by atoms with van der Waals surface area (Å²) in [6.07, 6.45) is -0.690. The minimum absolute atomic E-state index is 0.0903. The number of hydrogen-bond donors (Lipinski definition) is 1. The molecule has 0 fully saturated rings. The summed E-state index contributed by atoms with van der Waals surface area (Å²) in [7, 11) is 0. The van der Waals surface area contributed by atoms with Crippen LogP contribution in [0.5, 0.6) is 0 Å². The highest BCUT2D eigenvalue weighted by molar-refractivity contribution is 6.30. The molecule has 0 saturated carbocycles. The summed E-state index contributed by atoms with van der Waals surface area (Å²) < 4.78 is 25.9. The van der Waals surface area contributed by atoms with E-state index < -0.39 is 17.7 Å². The molecule has 0 amide bonds. The topological polar surface area (TPSA) is 20.2 Å². The molecule has 0 bridgehead atoms. The number of benzene rings is 1. The molecule has 1 rings (SSSR count). The normalized spacial score (nSPS) is 13.0. The zero-order chi connectivity index (χ0) is 10.0. The monoisotopic (exact) mass is 206 g/mol. The summed E-state index contributed by atoms with van der Waals surface area (Å²) in [6.45, 7) is 1.67. The van der Waals surface area contributed by atoms with Crippen molar-refractivity contribution in [2.75, 3.05) is 0 Å². The second-order valence-electron chi connectivity index (χ2n) is 2.71. The maximum Gasteiger partial charge on any atom is 0.147 e. The van der Waals surface area contributed by atoms with Crippen molar-refractivity contribution in [2.45, 2.75) is 19.4 Å². The van der Waals surface area contributed by atoms with Gasteiger partial charge in [-0.25, -0.2) is 8.78 Å². The number of halogens is 3. The Balaban J connectivity index is 3.20. The predicted octanol–water partition coefficient (Wildman–Crippen LogP) is 3.06. The first-order valence-electron chi connectivity index (χ1n) is 3.88. The third kappa shape index (κ3) is 2.17. The van der Waals surface area contributed by atoms with Crippen molar-refractivity contribution in [3.8, 4) is 0 Å². The summed E-state index contributed by atoms with van der Waals surface area (Å²) in [6, 6.07) is 1.83. The predicted molar refractivity (Wildman–Crippen MR) is 46.6 cm³/mol. The Morgan fingerprint density at radius 3 is 2.62 bits per heavy atom. The van der Waals surface area contributed by atoms with Gasteiger partial charge in [-0.15, -0.1) is 0 Å². The fraction of sp³-hybridized carbons (Fsp3) is 0.333. The van der Waals surface area contributed by atoms with Crippen molar-refractivity contribution in [3.05, 3.63) is 34.4 Å². The van der Waals surface area contributed by atoms with Crippen molar-refractivity contribution in [1.29, 1.82) is 0 Å². The molecular formula is C9H9ClF2O. The average Bonchev–Trinajstić information content (AvgIpc) is 2.10. The lowest BCUT2D eigenvalue weighted by Gasteiger charge is -2.10. The second kappa shape index (κ2) is 4.03. The number of aliphatic hydroxyl groups is 1. The lowest BCUT2D eigenvalue weighted by atomic mass is 10.1. The van der Waals surface area contributed by atoms with Crippen LogP contribution in [0, 0.1) is 11.6 Å². The van der Waals surface area contributed by atoms with E-state index >= 15 is 0 Å². The maximum absolute atomic E-state index is 13.2. The Hall–Kier alpha value is -0.670. The smallest absolute Gasteiger partial charge is 0.147 e. The van der Waals surface area contributed by atoms with Gasteiger partial charge in [0.1, 0.15) is 11.6 Å². The van der Waals surface area contributed by atoms with Crippen LogP contribution in [0.15, 0.2) is 12.1 Å². The van der Waals surface area contributed by atoms with Gasteiger partial charge >= 0.3 is 0 Å². The molecule has 0 radical (unpaired) electrons. The maximum atomic E-state index is 13.2. The summed E-state index contributed by atoms with van der Waals surface area (Å²) in [5.74, 6) is -1.40. The molecule has 0 aliphatic carbocycles. The van der Waals surface area contributed by atoms with E-state index in [0.717, 1.165) is 12.1 Å². The molecule has 1 unspecified atom stereocenters. The SMILES string of the molecule is CCC(O)c1cc(F)cc(Cl)c1F. The van der Waals surface area contributed by atoms with Crippen molar-refractivity contribution >= 4 is 11.6 Å². The molecule has 0 heterocycles. The molecule has 0 aliphatic rings. The zero-order valence-electron chi connectivity index (χ0n) is 7.02. The van der Waals surface area contributed by atoms with Crippen LogP contribution < -0.4 is 0 Å². The summed E-state index contributed by atoms with van der Waals surface area (Å²) in [4.78, 5) is 0. The van der Waals surface area contributed by atoms with Crippen molar-refractivity contribution in [1.82, 2.24) is 0 Å². The minimum Gasteiger partial charge on any atom is -0.388 e. The number of rotatable bonds is 2. The minimum atomic E-state index is -1.01. The van der Waals surface area contributed by atoms with E-state index in [1.165, 1.54) is 0 Å². The molecular weight excluding hydrogens is 198 g/mol. The standard InChI is InChI=1S/C9H9ClF2O/c1-2-8(13)6-3-5(11)4-7(10)9(6)12/h3-4,8,13H,2H2,1H3. The van der Waals surface area contributed by atoms with E-state index in [1.807, 2.05) is 0 Å². The van der Waals surface area contributed by atoms with Crippen LogP contribution in [0.2, 0.25) is 5.02 Å². The van der Waals surface area contributed by atoms with Gasteiger partial charge < -0.3 is 5.11 Å². The molecule has 0 aromatic heterocycles. The molecule has 4 heteroatoms. The van der Waals surface area contributed by atoms with Gasteiger partial charge in [-0.2, -0.15) is 0 Å². The fourth-order valence-corrected chi connectivity index (χ4v) is 1.25. The number of aliphatic hydroxyl groups excluding tert-OH is 1. The van der Waals surface area contributed by atoms with Gasteiger partial charge in [-0.05, 0) is 18.6 Å². The third-order valence-electron chi connectivity index (χ3n) is 1.77. The van der Waals surface area contributed by atoms with Gasteiger partial charge in [-0.3, -0.25) is 0 Å². The molecule has 13 heavy (non-hydrogen) atoms. The van der Waals surface area contributed by atoms with Crippen LogP contribution in [0.25, 0.3) is 0 Å². The molecule has 1 aromatic carbocycles. The molecule has 1 N–H and O–H groups in total.